The van der Waals surface area contributed by atoms with E-state index in [0.717, 1.165) is 0 Å². The van der Waals surface area contributed by atoms with Gasteiger partial charge in [0.1, 0.15) is 5.75 Å². The number of carbonyl (C=O) groups excluding carboxylic acids is 2. The molecule has 0 saturated carbocycles. The number of anilines is 1. The number of hydrogen-bond acceptors (Lipinski definition) is 5. The number of nitrogens with one attached hydrogen (secondary N) is 2. The van der Waals surface area contributed by atoms with E-state index in [0.29, 0.717) is 27.8 Å². The number of nitriles is 1. The third-order valence-electron chi connectivity index (χ3n) is 5.48. The Morgan fingerprint density at radius 3 is 2.58 bits per heavy atom. The van der Waals surface area contributed by atoms with Gasteiger partial charge in [-0.25, -0.2) is 4.39 Å². The lowest BCUT2D eigenvalue weighted by molar-refractivity contribution is -0.115. The summed E-state index contributed by atoms with van der Waals surface area (Å²) in [6, 6.07) is 14.3. The van der Waals surface area contributed by atoms with Crippen molar-refractivity contribution < 1.29 is 18.7 Å². The van der Waals surface area contributed by atoms with Crippen LogP contribution in [0, 0.1) is 24.1 Å². The molecule has 0 fully saturated rings. The highest BCUT2D eigenvalue weighted by Gasteiger charge is 2.18. The quantitative estimate of drug-likeness (QED) is 0.310. The number of likely N-dealkylation sites (N-methyl/N-ethyl adjacent to an activating group) is 1. The average Bonchev–Trinajstić information content (AvgIpc) is 2.83. The fourth-order valence-electron chi connectivity index (χ4n) is 3.82. The number of benzene rings is 3. The highest BCUT2D eigenvalue weighted by atomic mass is 79.9. The number of hydrogen-bond donors (Lipinski definition) is 2. The summed E-state index contributed by atoms with van der Waals surface area (Å²) >= 11 is 9.29. The van der Waals surface area contributed by atoms with Gasteiger partial charge in [0.05, 0.1) is 22.5 Å². The normalized spacial score (nSPS) is 11.6. The lowest BCUT2D eigenvalue weighted by Crippen LogP contribution is -2.39. The SMILES string of the molecule is Cc1cc(C(=O)NC(C)CN(C)C)ccc1NC(=O)Cc1ccc(Br)c(Oc2cc(Cl)cc(C#N)c2)c1F. The Morgan fingerprint density at radius 2 is 1.92 bits per heavy atom. The first kappa shape index (κ1) is 29.1. The van der Waals surface area contributed by atoms with E-state index in [1.165, 1.54) is 24.3 Å². The Kier molecular flexibility index (Phi) is 9.86. The van der Waals surface area contributed by atoms with Crippen molar-refractivity contribution in [2.45, 2.75) is 26.3 Å². The lowest BCUT2D eigenvalue weighted by Gasteiger charge is -2.18. The Labute approximate surface area is 234 Å². The number of amides is 2. The van der Waals surface area contributed by atoms with Gasteiger partial charge in [-0.3, -0.25) is 9.59 Å². The van der Waals surface area contributed by atoms with E-state index in [2.05, 4.69) is 26.6 Å². The number of rotatable bonds is 9. The zero-order valence-electron chi connectivity index (χ0n) is 21.4. The van der Waals surface area contributed by atoms with E-state index >= 15 is 4.39 Å². The molecule has 3 aromatic carbocycles. The van der Waals surface area contributed by atoms with E-state index in [1.807, 2.05) is 32.0 Å². The molecule has 2 amide bonds. The number of halogens is 3. The van der Waals surface area contributed by atoms with Gasteiger partial charge in [0, 0.05) is 34.4 Å². The molecule has 10 heteroatoms. The molecule has 1 unspecified atom stereocenters. The van der Waals surface area contributed by atoms with Crippen LogP contribution < -0.4 is 15.4 Å². The largest absolute Gasteiger partial charge is 0.453 e. The minimum atomic E-state index is -0.719. The molecular formula is C28H27BrClFN4O3. The van der Waals surface area contributed by atoms with Gasteiger partial charge in [-0.2, -0.15) is 5.26 Å². The Balaban J connectivity index is 1.71. The highest BCUT2D eigenvalue weighted by molar-refractivity contribution is 9.10. The third kappa shape index (κ3) is 7.78. The number of ether oxygens (including phenoxy) is 1. The molecule has 0 aromatic heterocycles. The van der Waals surface area contributed by atoms with Gasteiger partial charge in [0.15, 0.2) is 11.6 Å². The smallest absolute Gasteiger partial charge is 0.251 e. The molecule has 0 spiro atoms. The number of carbonyl (C=O) groups is 2. The standard InChI is InChI=1S/C28H27BrClFN4O3/c1-16-9-20(28(37)33-17(2)15-35(3)4)6-8-24(16)34-25(36)12-19-5-7-23(29)27(26(19)31)38-22-11-18(14-32)10-21(30)13-22/h5-11,13,17H,12,15H2,1-4H3,(H,33,37)(H,34,36). The van der Waals surface area contributed by atoms with Gasteiger partial charge in [0.25, 0.3) is 5.91 Å². The number of nitrogens with zero attached hydrogens (tertiary/aromatic N) is 2. The molecule has 1 atom stereocenters. The van der Waals surface area contributed by atoms with Gasteiger partial charge >= 0.3 is 0 Å². The molecule has 3 rings (SSSR count). The Morgan fingerprint density at radius 1 is 1.18 bits per heavy atom. The van der Waals surface area contributed by atoms with Crippen LogP contribution >= 0.6 is 27.5 Å². The van der Waals surface area contributed by atoms with Crippen molar-refractivity contribution >= 4 is 45.0 Å². The third-order valence-corrected chi connectivity index (χ3v) is 6.32. The first-order valence-corrected chi connectivity index (χ1v) is 12.9. The summed E-state index contributed by atoms with van der Waals surface area (Å²) in [5.74, 6) is -1.30. The molecule has 38 heavy (non-hydrogen) atoms. The molecule has 0 bridgehead atoms. The molecule has 198 valence electrons. The van der Waals surface area contributed by atoms with Gasteiger partial charge < -0.3 is 20.3 Å². The van der Waals surface area contributed by atoms with Crippen molar-refractivity contribution in [1.29, 1.82) is 5.26 Å². The highest BCUT2D eigenvalue weighted by Crippen LogP contribution is 2.35. The van der Waals surface area contributed by atoms with Crippen LogP contribution in [0.3, 0.4) is 0 Å². The van der Waals surface area contributed by atoms with E-state index < -0.39 is 11.7 Å². The van der Waals surface area contributed by atoms with Crippen molar-refractivity contribution in [3.8, 4) is 17.6 Å². The van der Waals surface area contributed by atoms with Gasteiger partial charge in [-0.15, -0.1) is 0 Å². The van der Waals surface area contributed by atoms with Crippen molar-refractivity contribution in [1.82, 2.24) is 10.2 Å². The van der Waals surface area contributed by atoms with Crippen LogP contribution in [0.5, 0.6) is 11.5 Å². The molecule has 7 nitrogen and oxygen atoms in total. The van der Waals surface area contributed by atoms with Crippen LogP contribution in [0.25, 0.3) is 0 Å². The molecule has 3 aromatic rings. The molecule has 0 aliphatic heterocycles. The molecule has 2 N–H and O–H groups in total. The summed E-state index contributed by atoms with van der Waals surface area (Å²) in [6.45, 7) is 4.41. The lowest BCUT2D eigenvalue weighted by atomic mass is 10.1. The molecule has 0 radical (unpaired) electrons. The van der Waals surface area contributed by atoms with Crippen LogP contribution in [0.1, 0.15) is 34.0 Å². The predicted molar refractivity (Wildman–Crippen MR) is 149 cm³/mol. The molecule has 0 aliphatic rings. The monoisotopic (exact) mass is 600 g/mol. The van der Waals surface area contributed by atoms with Crippen molar-refractivity contribution in [3.05, 3.63) is 86.1 Å². The second kappa shape index (κ2) is 12.9. The summed E-state index contributed by atoms with van der Waals surface area (Å²) in [5.41, 5.74) is 2.08. The van der Waals surface area contributed by atoms with Gasteiger partial charge in [-0.05, 0) is 91.9 Å². The summed E-state index contributed by atoms with van der Waals surface area (Å²) in [4.78, 5) is 27.3. The molecule has 0 aliphatic carbocycles. The van der Waals surface area contributed by atoms with Crippen molar-refractivity contribution in [3.63, 3.8) is 0 Å². The van der Waals surface area contributed by atoms with E-state index in [-0.39, 0.29) is 46.0 Å². The maximum atomic E-state index is 15.3. The second-order valence-electron chi connectivity index (χ2n) is 9.13. The van der Waals surface area contributed by atoms with Gasteiger partial charge in [0.2, 0.25) is 5.91 Å². The predicted octanol–water partition coefficient (Wildman–Crippen LogP) is 6.08. The van der Waals surface area contributed by atoms with E-state index in [1.54, 1.807) is 31.2 Å². The first-order valence-electron chi connectivity index (χ1n) is 11.7. The zero-order valence-corrected chi connectivity index (χ0v) is 23.7. The summed E-state index contributed by atoms with van der Waals surface area (Å²) in [5, 5.41) is 15.1. The van der Waals surface area contributed by atoms with Crippen molar-refractivity contribution in [2.75, 3.05) is 26.0 Å². The molecule has 0 saturated heterocycles. The second-order valence-corrected chi connectivity index (χ2v) is 10.4. The Bertz CT molecular complexity index is 1410. The van der Waals surface area contributed by atoms with Crippen LogP contribution in [0.15, 0.2) is 53.0 Å². The summed E-state index contributed by atoms with van der Waals surface area (Å²) in [6.07, 6.45) is -0.252. The fraction of sp³-hybridized carbons (Fsp3) is 0.250. The zero-order chi connectivity index (χ0) is 28.0. The van der Waals surface area contributed by atoms with Crippen LogP contribution in [-0.2, 0) is 11.2 Å². The maximum absolute atomic E-state index is 15.3. The minimum Gasteiger partial charge on any atom is -0.453 e. The average molecular weight is 602 g/mol. The van der Waals surface area contributed by atoms with Crippen LogP contribution in [0.4, 0.5) is 10.1 Å². The van der Waals surface area contributed by atoms with E-state index in [9.17, 15) is 9.59 Å². The molecular weight excluding hydrogens is 575 g/mol. The Hall–Kier alpha value is -3.45. The minimum absolute atomic E-state index is 0.0286. The van der Waals surface area contributed by atoms with Crippen LogP contribution in [0.2, 0.25) is 5.02 Å². The summed E-state index contributed by atoms with van der Waals surface area (Å²) < 4.78 is 21.3. The van der Waals surface area contributed by atoms with Crippen LogP contribution in [-0.4, -0.2) is 43.4 Å². The van der Waals surface area contributed by atoms with Crippen molar-refractivity contribution in [2.24, 2.45) is 0 Å². The summed E-state index contributed by atoms with van der Waals surface area (Å²) in [7, 11) is 3.87. The maximum Gasteiger partial charge on any atom is 0.251 e. The number of aryl methyl sites for hydroxylation is 1. The van der Waals surface area contributed by atoms with E-state index in [4.69, 9.17) is 21.6 Å². The van der Waals surface area contributed by atoms with Gasteiger partial charge in [-0.1, -0.05) is 17.7 Å². The first-order chi connectivity index (χ1) is 18.0. The molecule has 0 heterocycles. The topological polar surface area (TPSA) is 94.5 Å². The fourth-order valence-corrected chi connectivity index (χ4v) is 4.43.